The lowest BCUT2D eigenvalue weighted by atomic mass is 10.2. The summed E-state index contributed by atoms with van der Waals surface area (Å²) >= 11 is 0. The van der Waals surface area contributed by atoms with Crippen molar-refractivity contribution in [1.82, 2.24) is 10.2 Å². The zero-order valence-corrected chi connectivity index (χ0v) is 8.13. The number of carbonyl (C=O) groups excluding carboxylic acids is 1. The van der Waals surface area contributed by atoms with Crippen molar-refractivity contribution >= 4 is 5.97 Å². The molecule has 5 heteroatoms. The Morgan fingerprint density at radius 3 is 2.86 bits per heavy atom. The Morgan fingerprint density at radius 1 is 1.50 bits per heavy atom. The first kappa shape index (κ1) is 10.6. The molecule has 14 heavy (non-hydrogen) atoms. The van der Waals surface area contributed by atoms with Crippen LogP contribution in [0.3, 0.4) is 0 Å². The van der Waals surface area contributed by atoms with E-state index in [1.54, 1.807) is 6.92 Å². The van der Waals surface area contributed by atoms with Crippen molar-refractivity contribution in [2.45, 2.75) is 26.2 Å². The number of hydrogen-bond acceptors (Lipinski definition) is 3. The zero-order chi connectivity index (χ0) is 10.4. The van der Waals surface area contributed by atoms with Gasteiger partial charge in [-0.2, -0.15) is 0 Å². The van der Waals surface area contributed by atoms with Crippen LogP contribution in [0, 0.1) is 0 Å². The molecule has 0 saturated carbocycles. The summed E-state index contributed by atoms with van der Waals surface area (Å²) in [5.74, 6) is -0.189. The molecule has 0 aliphatic carbocycles. The van der Waals surface area contributed by atoms with E-state index < -0.39 is 0 Å². The van der Waals surface area contributed by atoms with Crippen LogP contribution in [-0.2, 0) is 16.0 Å². The summed E-state index contributed by atoms with van der Waals surface area (Å²) < 4.78 is 4.77. The Kier molecular flexibility index (Phi) is 3.97. The fraction of sp³-hybridized carbons (Fsp3) is 0.556. The van der Waals surface area contributed by atoms with Crippen molar-refractivity contribution in [3.63, 3.8) is 0 Å². The molecule has 0 atom stereocenters. The molecule has 0 spiro atoms. The van der Waals surface area contributed by atoms with E-state index >= 15 is 0 Å². The average Bonchev–Trinajstić information content (AvgIpc) is 2.52. The summed E-state index contributed by atoms with van der Waals surface area (Å²) in [5, 5.41) is 5.16. The Morgan fingerprint density at radius 2 is 2.29 bits per heavy atom. The molecular weight excluding hydrogens is 184 g/mol. The lowest BCUT2D eigenvalue weighted by molar-refractivity contribution is -0.143. The van der Waals surface area contributed by atoms with Gasteiger partial charge in [-0.15, -0.1) is 0 Å². The molecular formula is C9H14N2O3. The molecule has 0 aliphatic rings. The van der Waals surface area contributed by atoms with Crippen molar-refractivity contribution in [2.24, 2.45) is 0 Å². The molecule has 1 rings (SSSR count). The van der Waals surface area contributed by atoms with Crippen LogP contribution >= 0.6 is 0 Å². The summed E-state index contributed by atoms with van der Waals surface area (Å²) in [6.45, 7) is 2.20. The van der Waals surface area contributed by atoms with Crippen LogP contribution in [0.5, 0.6) is 0 Å². The number of H-pyrrole nitrogens is 2. The fourth-order valence-corrected chi connectivity index (χ4v) is 1.16. The highest BCUT2D eigenvalue weighted by atomic mass is 16.5. The summed E-state index contributed by atoms with van der Waals surface area (Å²) in [4.78, 5) is 21.6. The summed E-state index contributed by atoms with van der Waals surface area (Å²) in [7, 11) is 0. The molecule has 0 unspecified atom stereocenters. The van der Waals surface area contributed by atoms with Gasteiger partial charge >= 0.3 is 5.97 Å². The second kappa shape index (κ2) is 5.26. The van der Waals surface area contributed by atoms with Gasteiger partial charge in [-0.25, -0.2) is 0 Å². The lowest BCUT2D eigenvalue weighted by Crippen LogP contribution is -2.04. The highest BCUT2D eigenvalue weighted by Gasteiger charge is 2.02. The van der Waals surface area contributed by atoms with Gasteiger partial charge in [0.25, 0.3) is 5.56 Å². The van der Waals surface area contributed by atoms with Gasteiger partial charge in [0, 0.05) is 18.2 Å². The molecule has 0 saturated heterocycles. The molecule has 0 fully saturated rings. The SMILES string of the molecule is CCOC(=O)CCCc1cc(=O)[nH][nH]1. The van der Waals surface area contributed by atoms with E-state index in [-0.39, 0.29) is 11.5 Å². The Bertz CT molecular complexity index is 340. The molecule has 0 radical (unpaired) electrons. The number of aromatic amines is 2. The van der Waals surface area contributed by atoms with Gasteiger partial charge in [-0.1, -0.05) is 0 Å². The maximum absolute atomic E-state index is 10.9. The first-order valence-corrected chi connectivity index (χ1v) is 4.64. The molecule has 0 aromatic carbocycles. The molecule has 1 aromatic heterocycles. The molecule has 0 aliphatic heterocycles. The second-order valence-electron chi connectivity index (χ2n) is 2.94. The fourth-order valence-electron chi connectivity index (χ4n) is 1.16. The standard InChI is InChI=1S/C9H14N2O3/c1-2-14-9(13)5-3-4-7-6-8(12)11-10-7/h6H,2-5H2,1H3,(H2,10,11,12). The molecule has 0 bridgehead atoms. The number of hydrogen-bond donors (Lipinski definition) is 2. The number of aromatic nitrogens is 2. The van der Waals surface area contributed by atoms with Crippen LogP contribution in [0.2, 0.25) is 0 Å². The van der Waals surface area contributed by atoms with Crippen LogP contribution in [0.1, 0.15) is 25.5 Å². The minimum atomic E-state index is -0.189. The zero-order valence-electron chi connectivity index (χ0n) is 8.13. The van der Waals surface area contributed by atoms with E-state index in [2.05, 4.69) is 10.2 Å². The lowest BCUT2D eigenvalue weighted by Gasteiger charge is -1.99. The van der Waals surface area contributed by atoms with E-state index in [4.69, 9.17) is 4.74 Å². The van der Waals surface area contributed by atoms with Gasteiger partial charge < -0.3 is 9.84 Å². The molecule has 0 amide bonds. The topological polar surface area (TPSA) is 75.0 Å². The Hall–Kier alpha value is -1.52. The van der Waals surface area contributed by atoms with Gasteiger partial charge in [-0.05, 0) is 19.8 Å². The third-order valence-electron chi connectivity index (χ3n) is 1.78. The highest BCUT2D eigenvalue weighted by molar-refractivity contribution is 5.69. The minimum Gasteiger partial charge on any atom is -0.466 e. The molecule has 1 aromatic rings. The van der Waals surface area contributed by atoms with Crippen molar-refractivity contribution in [3.8, 4) is 0 Å². The Labute approximate surface area is 81.5 Å². The largest absolute Gasteiger partial charge is 0.466 e. The van der Waals surface area contributed by atoms with E-state index in [0.717, 1.165) is 5.69 Å². The van der Waals surface area contributed by atoms with Crippen LogP contribution in [0.15, 0.2) is 10.9 Å². The number of ether oxygens (including phenoxy) is 1. The van der Waals surface area contributed by atoms with Crippen LogP contribution < -0.4 is 5.56 Å². The van der Waals surface area contributed by atoms with Gasteiger partial charge in [-0.3, -0.25) is 14.7 Å². The first-order valence-electron chi connectivity index (χ1n) is 4.64. The Balaban J connectivity index is 2.22. The smallest absolute Gasteiger partial charge is 0.305 e. The van der Waals surface area contributed by atoms with E-state index in [0.29, 0.717) is 25.9 Å². The van der Waals surface area contributed by atoms with Crippen molar-refractivity contribution in [2.75, 3.05) is 6.61 Å². The molecule has 1 heterocycles. The van der Waals surface area contributed by atoms with Crippen molar-refractivity contribution in [3.05, 3.63) is 22.1 Å². The van der Waals surface area contributed by atoms with E-state index in [1.807, 2.05) is 0 Å². The minimum absolute atomic E-state index is 0.142. The normalized spacial score (nSPS) is 10.1. The van der Waals surface area contributed by atoms with Crippen LogP contribution in [0.4, 0.5) is 0 Å². The maximum atomic E-state index is 10.9. The predicted molar refractivity (Wildman–Crippen MR) is 51.0 cm³/mol. The van der Waals surface area contributed by atoms with Crippen LogP contribution in [-0.4, -0.2) is 22.8 Å². The number of carbonyl (C=O) groups is 1. The predicted octanol–water partition coefficient (Wildman–Crippen LogP) is 0.589. The van der Waals surface area contributed by atoms with Gasteiger partial charge in [0.15, 0.2) is 0 Å². The summed E-state index contributed by atoms with van der Waals surface area (Å²) in [6.07, 6.45) is 1.76. The number of nitrogens with one attached hydrogen (secondary N) is 2. The molecule has 78 valence electrons. The van der Waals surface area contributed by atoms with E-state index in [1.165, 1.54) is 6.07 Å². The highest BCUT2D eigenvalue weighted by Crippen LogP contribution is 1.99. The number of esters is 1. The van der Waals surface area contributed by atoms with Crippen molar-refractivity contribution in [1.29, 1.82) is 0 Å². The van der Waals surface area contributed by atoms with Crippen molar-refractivity contribution < 1.29 is 9.53 Å². The molecule has 2 N–H and O–H groups in total. The maximum Gasteiger partial charge on any atom is 0.305 e. The summed E-state index contributed by atoms with van der Waals surface area (Å²) in [6, 6.07) is 1.49. The average molecular weight is 198 g/mol. The number of aryl methyl sites for hydroxylation is 1. The second-order valence-corrected chi connectivity index (χ2v) is 2.94. The summed E-state index contributed by atoms with van der Waals surface area (Å²) in [5.41, 5.74) is 0.676. The first-order chi connectivity index (χ1) is 6.72. The van der Waals surface area contributed by atoms with Gasteiger partial charge in [0.1, 0.15) is 0 Å². The monoisotopic (exact) mass is 198 g/mol. The van der Waals surface area contributed by atoms with E-state index in [9.17, 15) is 9.59 Å². The van der Waals surface area contributed by atoms with Crippen LogP contribution in [0.25, 0.3) is 0 Å². The number of rotatable bonds is 5. The quantitative estimate of drug-likeness (QED) is 0.680. The van der Waals surface area contributed by atoms with Gasteiger partial charge in [0.2, 0.25) is 0 Å². The third kappa shape index (κ3) is 3.47. The third-order valence-corrected chi connectivity index (χ3v) is 1.78. The van der Waals surface area contributed by atoms with Gasteiger partial charge in [0.05, 0.1) is 6.61 Å². The molecule has 5 nitrogen and oxygen atoms in total.